The van der Waals surface area contributed by atoms with Gasteiger partial charge in [-0.1, -0.05) is 24.3 Å². The molecule has 150 valence electrons. The molecule has 5 nitrogen and oxygen atoms in total. The van der Waals surface area contributed by atoms with Gasteiger partial charge in [-0.05, 0) is 55.3 Å². The molecule has 3 aromatic carbocycles. The lowest BCUT2D eigenvalue weighted by Crippen LogP contribution is -2.17. The van der Waals surface area contributed by atoms with Crippen LogP contribution in [0.3, 0.4) is 0 Å². The number of amides is 1. The second-order valence-corrected chi connectivity index (χ2v) is 8.16. The number of carbonyl (C=O) groups excluding carboxylic acids is 1. The van der Waals surface area contributed by atoms with Crippen LogP contribution in [0.4, 0.5) is 20.2 Å². The molecule has 0 aliphatic heterocycles. The maximum atomic E-state index is 13.4. The maximum Gasteiger partial charge on any atom is 0.261 e. The molecule has 0 aliphatic rings. The third kappa shape index (κ3) is 4.60. The van der Waals surface area contributed by atoms with Gasteiger partial charge in [0, 0.05) is 17.3 Å². The molecule has 0 radical (unpaired) electrons. The predicted molar refractivity (Wildman–Crippen MR) is 107 cm³/mol. The molecule has 1 amide bonds. The van der Waals surface area contributed by atoms with E-state index in [2.05, 4.69) is 10.0 Å². The first-order valence-corrected chi connectivity index (χ1v) is 10.1. The van der Waals surface area contributed by atoms with Gasteiger partial charge in [-0.3, -0.25) is 9.52 Å². The molecule has 29 heavy (non-hydrogen) atoms. The van der Waals surface area contributed by atoms with Crippen molar-refractivity contribution in [3.8, 4) is 0 Å². The van der Waals surface area contributed by atoms with Crippen LogP contribution in [0, 0.1) is 25.5 Å². The molecule has 8 heteroatoms. The predicted octanol–water partition coefficient (Wildman–Crippen LogP) is 4.63. The fourth-order valence-electron chi connectivity index (χ4n) is 2.68. The highest BCUT2D eigenvalue weighted by atomic mass is 32.2. The minimum Gasteiger partial charge on any atom is -0.322 e. The Labute approximate surface area is 167 Å². The summed E-state index contributed by atoms with van der Waals surface area (Å²) in [5.74, 6) is -2.77. The SMILES string of the molecule is Cc1ccccc1NS(=O)(=O)c1ccc(C)c(C(=O)Nc2ccc(F)c(F)c2)c1. The van der Waals surface area contributed by atoms with Crippen molar-refractivity contribution in [1.82, 2.24) is 0 Å². The molecule has 0 fully saturated rings. The molecular weight excluding hydrogens is 398 g/mol. The van der Waals surface area contributed by atoms with E-state index in [1.165, 1.54) is 24.3 Å². The first kappa shape index (κ1) is 20.5. The van der Waals surface area contributed by atoms with Crippen LogP contribution in [-0.4, -0.2) is 14.3 Å². The lowest BCUT2D eigenvalue weighted by atomic mass is 10.1. The summed E-state index contributed by atoms with van der Waals surface area (Å²) in [4.78, 5) is 12.5. The molecule has 0 unspecified atom stereocenters. The largest absolute Gasteiger partial charge is 0.322 e. The van der Waals surface area contributed by atoms with Gasteiger partial charge in [0.05, 0.1) is 10.6 Å². The zero-order chi connectivity index (χ0) is 21.2. The molecule has 0 saturated carbocycles. The number of benzene rings is 3. The number of rotatable bonds is 5. The van der Waals surface area contributed by atoms with Gasteiger partial charge in [0.25, 0.3) is 15.9 Å². The Kier molecular flexibility index (Phi) is 5.65. The van der Waals surface area contributed by atoms with Crippen molar-refractivity contribution < 1.29 is 22.0 Å². The van der Waals surface area contributed by atoms with E-state index in [1.54, 1.807) is 38.1 Å². The van der Waals surface area contributed by atoms with E-state index in [1.807, 2.05) is 0 Å². The van der Waals surface area contributed by atoms with E-state index in [4.69, 9.17) is 0 Å². The first-order valence-electron chi connectivity index (χ1n) is 8.63. The number of hydrogen-bond donors (Lipinski definition) is 2. The summed E-state index contributed by atoms with van der Waals surface area (Å²) < 4.78 is 54.4. The van der Waals surface area contributed by atoms with Gasteiger partial charge in [-0.15, -0.1) is 0 Å². The van der Waals surface area contributed by atoms with E-state index in [0.29, 0.717) is 11.3 Å². The summed E-state index contributed by atoms with van der Waals surface area (Å²) >= 11 is 0. The molecule has 0 aliphatic carbocycles. The highest BCUT2D eigenvalue weighted by Crippen LogP contribution is 2.22. The molecule has 0 atom stereocenters. The van der Waals surface area contributed by atoms with Gasteiger partial charge in [-0.2, -0.15) is 0 Å². The lowest BCUT2D eigenvalue weighted by molar-refractivity contribution is 0.102. The Morgan fingerprint density at radius 1 is 0.862 bits per heavy atom. The van der Waals surface area contributed by atoms with E-state index in [-0.39, 0.29) is 16.1 Å². The molecule has 3 aromatic rings. The fourth-order valence-corrected chi connectivity index (χ4v) is 3.83. The van der Waals surface area contributed by atoms with Crippen LogP contribution < -0.4 is 10.0 Å². The van der Waals surface area contributed by atoms with E-state index >= 15 is 0 Å². The highest BCUT2D eigenvalue weighted by molar-refractivity contribution is 7.92. The van der Waals surface area contributed by atoms with Crippen LogP contribution in [-0.2, 0) is 10.0 Å². The van der Waals surface area contributed by atoms with Crippen molar-refractivity contribution in [2.45, 2.75) is 18.7 Å². The average Bonchev–Trinajstić information content (AvgIpc) is 2.66. The monoisotopic (exact) mass is 416 g/mol. The Bertz CT molecular complexity index is 1190. The van der Waals surface area contributed by atoms with Crippen LogP contribution in [0.5, 0.6) is 0 Å². The highest BCUT2D eigenvalue weighted by Gasteiger charge is 2.19. The second-order valence-electron chi connectivity index (χ2n) is 6.48. The average molecular weight is 416 g/mol. The van der Waals surface area contributed by atoms with Crippen molar-refractivity contribution >= 4 is 27.3 Å². The number of halogens is 2. The Morgan fingerprint density at radius 3 is 2.28 bits per heavy atom. The summed E-state index contributed by atoms with van der Waals surface area (Å²) in [5, 5.41) is 2.44. The Hall–Kier alpha value is -3.26. The number of anilines is 2. The van der Waals surface area contributed by atoms with Crippen LogP contribution in [0.25, 0.3) is 0 Å². The summed E-state index contributed by atoms with van der Waals surface area (Å²) in [5.41, 5.74) is 1.86. The fraction of sp³-hybridized carbons (Fsp3) is 0.0952. The Morgan fingerprint density at radius 2 is 1.59 bits per heavy atom. The van der Waals surface area contributed by atoms with Crippen molar-refractivity contribution in [3.63, 3.8) is 0 Å². The van der Waals surface area contributed by atoms with Crippen LogP contribution >= 0.6 is 0 Å². The minimum atomic E-state index is -3.93. The standard InChI is InChI=1S/C21H18F2N2O3S/c1-13-7-9-16(29(27,28)25-20-6-4-3-5-14(20)2)12-17(13)21(26)24-15-8-10-18(22)19(23)11-15/h3-12,25H,1-2H3,(H,24,26). The van der Waals surface area contributed by atoms with E-state index in [0.717, 1.165) is 17.7 Å². The van der Waals surface area contributed by atoms with Crippen molar-refractivity contribution in [1.29, 1.82) is 0 Å². The molecular formula is C21H18F2N2O3S. The quantitative estimate of drug-likeness (QED) is 0.637. The second kappa shape index (κ2) is 8.00. The minimum absolute atomic E-state index is 0.0552. The zero-order valence-corrected chi connectivity index (χ0v) is 16.5. The van der Waals surface area contributed by atoms with Gasteiger partial charge < -0.3 is 5.32 Å². The lowest BCUT2D eigenvalue weighted by Gasteiger charge is -2.13. The van der Waals surface area contributed by atoms with E-state index < -0.39 is 27.6 Å². The molecule has 3 rings (SSSR count). The molecule has 0 spiro atoms. The number of nitrogens with one attached hydrogen (secondary N) is 2. The summed E-state index contributed by atoms with van der Waals surface area (Å²) in [6.07, 6.45) is 0. The van der Waals surface area contributed by atoms with Crippen LogP contribution in [0.2, 0.25) is 0 Å². The van der Waals surface area contributed by atoms with Crippen molar-refractivity contribution in [2.75, 3.05) is 10.0 Å². The number of hydrogen-bond acceptors (Lipinski definition) is 3. The van der Waals surface area contributed by atoms with Crippen molar-refractivity contribution in [2.24, 2.45) is 0 Å². The molecule has 0 saturated heterocycles. The molecule has 2 N–H and O–H groups in total. The number of para-hydroxylation sites is 1. The number of carbonyl (C=O) groups is 1. The normalized spacial score (nSPS) is 11.2. The first-order chi connectivity index (χ1) is 13.7. The third-order valence-electron chi connectivity index (χ3n) is 4.33. The smallest absolute Gasteiger partial charge is 0.261 e. The third-order valence-corrected chi connectivity index (χ3v) is 5.69. The van der Waals surface area contributed by atoms with Crippen LogP contribution in [0.15, 0.2) is 65.6 Å². The van der Waals surface area contributed by atoms with Crippen LogP contribution in [0.1, 0.15) is 21.5 Å². The van der Waals surface area contributed by atoms with Crippen molar-refractivity contribution in [3.05, 3.63) is 89.0 Å². The maximum absolute atomic E-state index is 13.4. The number of aryl methyl sites for hydroxylation is 2. The zero-order valence-electron chi connectivity index (χ0n) is 15.7. The molecule has 0 aromatic heterocycles. The topological polar surface area (TPSA) is 75.3 Å². The van der Waals surface area contributed by atoms with E-state index in [9.17, 15) is 22.0 Å². The number of sulfonamides is 1. The van der Waals surface area contributed by atoms with Gasteiger partial charge in [0.1, 0.15) is 0 Å². The molecule has 0 heterocycles. The van der Waals surface area contributed by atoms with Gasteiger partial charge >= 0.3 is 0 Å². The Balaban J connectivity index is 1.89. The summed E-state index contributed by atoms with van der Waals surface area (Å²) in [6, 6.07) is 14.0. The van der Waals surface area contributed by atoms with Gasteiger partial charge in [0.2, 0.25) is 0 Å². The van der Waals surface area contributed by atoms with Gasteiger partial charge in [-0.25, -0.2) is 17.2 Å². The summed E-state index contributed by atoms with van der Waals surface area (Å²) in [6.45, 7) is 3.42. The molecule has 0 bridgehead atoms. The van der Waals surface area contributed by atoms with Gasteiger partial charge in [0.15, 0.2) is 11.6 Å². The summed E-state index contributed by atoms with van der Waals surface area (Å²) in [7, 11) is -3.93.